The summed E-state index contributed by atoms with van der Waals surface area (Å²) in [6.45, 7) is -1.03. The van der Waals surface area contributed by atoms with Gasteiger partial charge in [-0.25, -0.2) is 13.8 Å². The van der Waals surface area contributed by atoms with Crippen molar-refractivity contribution in [2.45, 2.75) is 19.2 Å². The van der Waals surface area contributed by atoms with Crippen LogP contribution in [0.2, 0.25) is 0 Å². The van der Waals surface area contributed by atoms with Crippen LogP contribution in [-0.4, -0.2) is 10.1 Å². The van der Waals surface area contributed by atoms with Gasteiger partial charge in [-0.1, -0.05) is 0 Å². The highest BCUT2D eigenvalue weighted by atomic mass is 19.4. The summed E-state index contributed by atoms with van der Waals surface area (Å²) in [6, 6.07) is 0.207. The molecule has 1 aromatic heterocycles. The van der Waals surface area contributed by atoms with E-state index in [9.17, 15) is 22.0 Å². The zero-order valence-electron chi connectivity index (χ0n) is 7.72. The van der Waals surface area contributed by atoms with Crippen LogP contribution in [0.5, 0.6) is 0 Å². The van der Waals surface area contributed by atoms with Crippen molar-refractivity contribution in [1.82, 2.24) is 4.98 Å². The van der Waals surface area contributed by atoms with Gasteiger partial charge in [0.25, 0.3) is 6.43 Å². The summed E-state index contributed by atoms with van der Waals surface area (Å²) in [7, 11) is 0. The molecule has 8 heteroatoms. The molecular weight excluding hydrogens is 235 g/mol. The average Bonchev–Trinajstić information content (AvgIpc) is 2.14. The Hall–Kier alpha value is -1.44. The van der Waals surface area contributed by atoms with E-state index in [2.05, 4.69) is 4.98 Å². The van der Waals surface area contributed by atoms with Crippen molar-refractivity contribution in [2.75, 3.05) is 5.73 Å². The lowest BCUT2D eigenvalue weighted by atomic mass is 10.1. The summed E-state index contributed by atoms with van der Waals surface area (Å²) in [5, 5.41) is 8.63. The predicted molar refractivity (Wildman–Crippen MR) is 44.5 cm³/mol. The number of anilines is 1. The lowest BCUT2D eigenvalue weighted by Crippen LogP contribution is -2.14. The molecule has 0 radical (unpaired) electrons. The van der Waals surface area contributed by atoms with E-state index in [1.165, 1.54) is 0 Å². The Morgan fingerprint density at radius 2 is 1.94 bits per heavy atom. The number of nitrogen functional groups attached to an aromatic ring is 1. The number of hydrogen-bond acceptors (Lipinski definition) is 3. The van der Waals surface area contributed by atoms with E-state index in [-0.39, 0.29) is 6.07 Å². The Labute approximate surface area is 86.7 Å². The maximum absolute atomic E-state index is 12.4. The molecule has 0 aliphatic carbocycles. The number of aromatic nitrogens is 1. The van der Waals surface area contributed by atoms with Crippen LogP contribution in [0.25, 0.3) is 0 Å². The number of nitrogens with two attached hydrogens (primary N) is 1. The zero-order chi connectivity index (χ0) is 12.5. The standard InChI is InChI=1S/C8H7F5N2O/c9-6(10)3-1-4(8(11,12)13)5(2-16)15-7(3)14/h1,6,16H,2H2,(H2,14,15). The molecule has 16 heavy (non-hydrogen) atoms. The Kier molecular flexibility index (Phi) is 3.32. The van der Waals surface area contributed by atoms with Crippen molar-refractivity contribution >= 4 is 5.82 Å². The van der Waals surface area contributed by atoms with Crippen LogP contribution in [-0.2, 0) is 12.8 Å². The summed E-state index contributed by atoms with van der Waals surface area (Å²) in [5.74, 6) is -0.716. The molecule has 0 spiro atoms. The van der Waals surface area contributed by atoms with Gasteiger partial charge in [0, 0.05) is 0 Å². The maximum Gasteiger partial charge on any atom is 0.418 e. The monoisotopic (exact) mass is 242 g/mol. The van der Waals surface area contributed by atoms with Gasteiger partial charge in [0.1, 0.15) is 5.82 Å². The van der Waals surface area contributed by atoms with E-state index in [0.29, 0.717) is 0 Å². The minimum absolute atomic E-state index is 0.207. The van der Waals surface area contributed by atoms with E-state index in [4.69, 9.17) is 10.8 Å². The van der Waals surface area contributed by atoms with E-state index in [0.717, 1.165) is 0 Å². The molecule has 0 aliphatic heterocycles. The third-order valence-electron chi connectivity index (χ3n) is 1.85. The van der Waals surface area contributed by atoms with Gasteiger partial charge in [-0.3, -0.25) is 0 Å². The highest BCUT2D eigenvalue weighted by Crippen LogP contribution is 2.35. The van der Waals surface area contributed by atoms with Crippen molar-refractivity contribution < 1.29 is 27.1 Å². The minimum Gasteiger partial charge on any atom is -0.390 e. The highest BCUT2D eigenvalue weighted by Gasteiger charge is 2.35. The van der Waals surface area contributed by atoms with Crippen LogP contribution in [0.3, 0.4) is 0 Å². The van der Waals surface area contributed by atoms with Gasteiger partial charge in [-0.2, -0.15) is 13.2 Å². The molecule has 0 unspecified atom stereocenters. The number of alkyl halides is 5. The van der Waals surface area contributed by atoms with Crippen LogP contribution in [0.15, 0.2) is 6.07 Å². The molecule has 0 bridgehead atoms. The fraction of sp³-hybridized carbons (Fsp3) is 0.375. The molecule has 0 saturated heterocycles. The topological polar surface area (TPSA) is 59.1 Å². The fourth-order valence-electron chi connectivity index (χ4n) is 1.12. The van der Waals surface area contributed by atoms with Gasteiger partial charge in [-0.05, 0) is 6.07 Å². The lowest BCUT2D eigenvalue weighted by molar-refractivity contribution is -0.139. The van der Waals surface area contributed by atoms with Crippen molar-refractivity contribution in [3.63, 3.8) is 0 Å². The first-order valence-electron chi connectivity index (χ1n) is 4.03. The van der Waals surface area contributed by atoms with E-state index < -0.39 is 41.8 Å². The van der Waals surface area contributed by atoms with Crippen molar-refractivity contribution in [3.8, 4) is 0 Å². The third-order valence-corrected chi connectivity index (χ3v) is 1.85. The molecule has 0 aliphatic rings. The van der Waals surface area contributed by atoms with Gasteiger partial charge < -0.3 is 10.8 Å². The Morgan fingerprint density at radius 3 is 2.31 bits per heavy atom. The number of rotatable bonds is 2. The van der Waals surface area contributed by atoms with Crippen LogP contribution < -0.4 is 5.73 Å². The van der Waals surface area contributed by atoms with Crippen molar-refractivity contribution in [1.29, 1.82) is 0 Å². The number of nitrogens with zero attached hydrogens (tertiary/aromatic N) is 1. The molecule has 1 heterocycles. The Morgan fingerprint density at radius 1 is 1.38 bits per heavy atom. The van der Waals surface area contributed by atoms with Crippen LogP contribution in [0.1, 0.15) is 23.2 Å². The molecule has 0 atom stereocenters. The van der Waals surface area contributed by atoms with Gasteiger partial charge >= 0.3 is 6.18 Å². The zero-order valence-corrected chi connectivity index (χ0v) is 7.72. The molecular formula is C8H7F5N2O. The molecule has 3 nitrogen and oxygen atoms in total. The number of halogens is 5. The number of hydrogen-bond donors (Lipinski definition) is 2. The second-order valence-corrected chi connectivity index (χ2v) is 2.91. The summed E-state index contributed by atoms with van der Waals surface area (Å²) in [5.41, 5.74) is 1.87. The molecule has 1 aromatic rings. The van der Waals surface area contributed by atoms with Crippen molar-refractivity contribution in [2.24, 2.45) is 0 Å². The van der Waals surface area contributed by atoms with Gasteiger partial charge in [0.2, 0.25) is 0 Å². The van der Waals surface area contributed by atoms with E-state index in [1.807, 2.05) is 0 Å². The average molecular weight is 242 g/mol. The smallest absolute Gasteiger partial charge is 0.390 e. The molecule has 1 rings (SSSR count). The Bertz CT molecular complexity index is 391. The molecule has 3 N–H and O–H groups in total. The first-order valence-corrected chi connectivity index (χ1v) is 4.03. The normalized spacial score (nSPS) is 12.2. The SMILES string of the molecule is Nc1nc(CO)c(C(F)(F)F)cc1C(F)F. The number of aliphatic hydroxyl groups excluding tert-OH is 1. The summed E-state index contributed by atoms with van der Waals surface area (Å²) >= 11 is 0. The predicted octanol–water partition coefficient (Wildman–Crippen LogP) is 2.11. The minimum atomic E-state index is -4.86. The fourth-order valence-corrected chi connectivity index (χ4v) is 1.12. The second kappa shape index (κ2) is 4.20. The molecule has 0 fully saturated rings. The molecule has 0 amide bonds. The number of pyridine rings is 1. The van der Waals surface area contributed by atoms with E-state index >= 15 is 0 Å². The van der Waals surface area contributed by atoms with Crippen molar-refractivity contribution in [3.05, 3.63) is 22.9 Å². The number of aliphatic hydroxyl groups is 1. The van der Waals surface area contributed by atoms with E-state index in [1.54, 1.807) is 0 Å². The van der Waals surface area contributed by atoms with Crippen LogP contribution in [0, 0.1) is 0 Å². The van der Waals surface area contributed by atoms with Crippen LogP contribution >= 0.6 is 0 Å². The molecule has 0 aromatic carbocycles. The largest absolute Gasteiger partial charge is 0.418 e. The summed E-state index contributed by atoms with van der Waals surface area (Å²) < 4.78 is 61.7. The summed E-state index contributed by atoms with van der Waals surface area (Å²) in [4.78, 5) is 3.11. The first kappa shape index (κ1) is 12.6. The molecule has 0 saturated carbocycles. The highest BCUT2D eigenvalue weighted by molar-refractivity contribution is 5.45. The lowest BCUT2D eigenvalue weighted by Gasteiger charge is -2.13. The van der Waals surface area contributed by atoms with Crippen LogP contribution in [0.4, 0.5) is 27.8 Å². The molecule has 90 valence electrons. The second-order valence-electron chi connectivity index (χ2n) is 2.91. The van der Waals surface area contributed by atoms with Gasteiger partial charge in [-0.15, -0.1) is 0 Å². The first-order chi connectivity index (χ1) is 7.27. The third kappa shape index (κ3) is 2.38. The summed E-state index contributed by atoms with van der Waals surface area (Å²) in [6.07, 6.45) is -8.01. The maximum atomic E-state index is 12.4. The van der Waals surface area contributed by atoms with Gasteiger partial charge in [0.05, 0.1) is 23.4 Å². The quantitative estimate of drug-likeness (QED) is 0.781. The van der Waals surface area contributed by atoms with Gasteiger partial charge in [0.15, 0.2) is 0 Å². The Balaban J connectivity index is 3.41.